The first-order chi connectivity index (χ1) is 12.0. The molecule has 1 aromatic rings. The van der Waals surface area contributed by atoms with Gasteiger partial charge in [0.15, 0.2) is 0 Å². The molecule has 2 aliphatic rings. The standard InChI is InChI=1S/C19H27N3O3/c1-15(19(24)25)22(17-7-8-17)18(23)14-21-11-9-20(10-12-21)13-16-5-3-2-4-6-16/h2-6,15,17H,7-14H2,1H3,(H,24,25). The highest BCUT2D eigenvalue weighted by Gasteiger charge is 2.38. The maximum Gasteiger partial charge on any atom is 0.326 e. The normalized spacial score (nSPS) is 20.2. The topological polar surface area (TPSA) is 64.1 Å². The molecule has 1 saturated heterocycles. The van der Waals surface area contributed by atoms with Crippen molar-refractivity contribution < 1.29 is 14.7 Å². The van der Waals surface area contributed by atoms with Crippen molar-refractivity contribution in [1.29, 1.82) is 0 Å². The Bertz CT molecular complexity index is 595. The fraction of sp³-hybridized carbons (Fsp3) is 0.579. The Hall–Kier alpha value is -1.92. The number of aliphatic carboxylic acids is 1. The molecule has 0 radical (unpaired) electrons. The zero-order valence-electron chi connectivity index (χ0n) is 14.8. The molecule has 1 heterocycles. The van der Waals surface area contributed by atoms with Gasteiger partial charge in [-0.1, -0.05) is 30.3 Å². The van der Waals surface area contributed by atoms with Gasteiger partial charge in [0.25, 0.3) is 0 Å². The Morgan fingerprint density at radius 3 is 2.28 bits per heavy atom. The largest absolute Gasteiger partial charge is 0.480 e. The minimum atomic E-state index is -0.923. The quantitative estimate of drug-likeness (QED) is 0.806. The van der Waals surface area contributed by atoms with Gasteiger partial charge in [0.2, 0.25) is 5.91 Å². The van der Waals surface area contributed by atoms with E-state index in [1.165, 1.54) is 5.56 Å². The average Bonchev–Trinajstić information content (AvgIpc) is 3.42. The highest BCUT2D eigenvalue weighted by Crippen LogP contribution is 2.29. The van der Waals surface area contributed by atoms with Crippen LogP contribution in [-0.2, 0) is 16.1 Å². The number of piperazine rings is 1. The van der Waals surface area contributed by atoms with Crippen molar-refractivity contribution in [3.05, 3.63) is 35.9 Å². The highest BCUT2D eigenvalue weighted by atomic mass is 16.4. The van der Waals surface area contributed by atoms with E-state index in [1.807, 2.05) is 6.07 Å². The van der Waals surface area contributed by atoms with Crippen LogP contribution in [-0.4, -0.2) is 76.5 Å². The molecule has 2 fully saturated rings. The van der Waals surface area contributed by atoms with E-state index in [-0.39, 0.29) is 11.9 Å². The molecule has 0 bridgehead atoms. The van der Waals surface area contributed by atoms with Gasteiger partial charge < -0.3 is 10.0 Å². The molecule has 6 nitrogen and oxygen atoms in total. The second-order valence-electron chi connectivity index (χ2n) is 7.08. The van der Waals surface area contributed by atoms with Crippen LogP contribution in [0.3, 0.4) is 0 Å². The zero-order valence-corrected chi connectivity index (χ0v) is 14.8. The molecule has 0 aromatic heterocycles. The summed E-state index contributed by atoms with van der Waals surface area (Å²) in [6.45, 7) is 6.42. The zero-order chi connectivity index (χ0) is 17.8. The first-order valence-electron chi connectivity index (χ1n) is 9.07. The monoisotopic (exact) mass is 345 g/mol. The van der Waals surface area contributed by atoms with Gasteiger partial charge in [-0.05, 0) is 25.3 Å². The van der Waals surface area contributed by atoms with Crippen molar-refractivity contribution in [2.45, 2.75) is 38.4 Å². The van der Waals surface area contributed by atoms with Gasteiger partial charge in [-0.25, -0.2) is 4.79 Å². The molecule has 0 spiro atoms. The summed E-state index contributed by atoms with van der Waals surface area (Å²) in [6, 6.07) is 9.79. The van der Waals surface area contributed by atoms with Gasteiger partial charge in [0.05, 0.1) is 6.54 Å². The van der Waals surface area contributed by atoms with Crippen molar-refractivity contribution in [2.75, 3.05) is 32.7 Å². The van der Waals surface area contributed by atoms with E-state index in [1.54, 1.807) is 11.8 Å². The molecule has 136 valence electrons. The fourth-order valence-corrected chi connectivity index (χ4v) is 3.43. The molecule has 1 N–H and O–H groups in total. The summed E-state index contributed by atoms with van der Waals surface area (Å²) < 4.78 is 0. The number of carboxylic acids is 1. The number of amides is 1. The van der Waals surface area contributed by atoms with Gasteiger partial charge in [0, 0.05) is 38.8 Å². The third kappa shape index (κ3) is 4.80. The minimum Gasteiger partial charge on any atom is -0.480 e. The molecule has 1 aliphatic carbocycles. The predicted molar refractivity (Wildman–Crippen MR) is 95.1 cm³/mol. The molecule has 1 unspecified atom stereocenters. The van der Waals surface area contributed by atoms with Crippen molar-refractivity contribution in [3.63, 3.8) is 0 Å². The van der Waals surface area contributed by atoms with Crippen LogP contribution in [0, 0.1) is 0 Å². The third-order valence-corrected chi connectivity index (χ3v) is 5.08. The predicted octanol–water partition coefficient (Wildman–Crippen LogP) is 1.27. The maximum absolute atomic E-state index is 12.6. The number of benzene rings is 1. The molecule has 1 aliphatic heterocycles. The number of rotatable bonds is 7. The Morgan fingerprint density at radius 1 is 1.12 bits per heavy atom. The van der Waals surface area contributed by atoms with Crippen LogP contribution in [0.1, 0.15) is 25.3 Å². The number of nitrogens with zero attached hydrogens (tertiary/aromatic N) is 3. The summed E-state index contributed by atoms with van der Waals surface area (Å²) >= 11 is 0. The van der Waals surface area contributed by atoms with Crippen molar-refractivity contribution >= 4 is 11.9 Å². The van der Waals surface area contributed by atoms with Crippen molar-refractivity contribution in [3.8, 4) is 0 Å². The molecule has 1 amide bonds. The van der Waals surface area contributed by atoms with Crippen molar-refractivity contribution in [1.82, 2.24) is 14.7 Å². The highest BCUT2D eigenvalue weighted by molar-refractivity contribution is 5.85. The smallest absolute Gasteiger partial charge is 0.326 e. The van der Waals surface area contributed by atoms with E-state index in [9.17, 15) is 14.7 Å². The van der Waals surface area contributed by atoms with Crippen LogP contribution in [0.4, 0.5) is 0 Å². The summed E-state index contributed by atoms with van der Waals surface area (Å²) in [5.74, 6) is -0.971. The van der Waals surface area contributed by atoms with Gasteiger partial charge in [-0.2, -0.15) is 0 Å². The molecular formula is C19H27N3O3. The second-order valence-corrected chi connectivity index (χ2v) is 7.08. The Labute approximate surface area is 149 Å². The van der Waals surface area contributed by atoms with Gasteiger partial charge in [-0.3, -0.25) is 14.6 Å². The molecule has 1 saturated carbocycles. The number of carbonyl (C=O) groups is 2. The Kier molecular flexibility index (Phi) is 5.71. The Morgan fingerprint density at radius 2 is 1.72 bits per heavy atom. The lowest BCUT2D eigenvalue weighted by molar-refractivity contribution is -0.150. The molecule has 3 rings (SSSR count). The van der Waals surface area contributed by atoms with E-state index < -0.39 is 12.0 Å². The summed E-state index contributed by atoms with van der Waals surface area (Å²) in [4.78, 5) is 30.0. The van der Waals surface area contributed by atoms with Crippen LogP contribution < -0.4 is 0 Å². The average molecular weight is 345 g/mol. The van der Waals surface area contributed by atoms with Gasteiger partial charge >= 0.3 is 5.97 Å². The van der Waals surface area contributed by atoms with Crippen LogP contribution in [0.25, 0.3) is 0 Å². The van der Waals surface area contributed by atoms with E-state index >= 15 is 0 Å². The lowest BCUT2D eigenvalue weighted by atomic mass is 10.2. The number of carboxylic acid groups (broad SMARTS) is 1. The molecule has 1 atom stereocenters. The number of hydrogen-bond donors (Lipinski definition) is 1. The van der Waals surface area contributed by atoms with Crippen LogP contribution >= 0.6 is 0 Å². The van der Waals surface area contributed by atoms with E-state index in [4.69, 9.17) is 0 Å². The summed E-state index contributed by atoms with van der Waals surface area (Å²) in [5, 5.41) is 9.24. The maximum atomic E-state index is 12.6. The summed E-state index contributed by atoms with van der Waals surface area (Å²) in [5.41, 5.74) is 1.31. The number of carbonyl (C=O) groups excluding carboxylic acids is 1. The first-order valence-corrected chi connectivity index (χ1v) is 9.07. The molecular weight excluding hydrogens is 318 g/mol. The van der Waals surface area contributed by atoms with E-state index in [0.29, 0.717) is 6.54 Å². The SMILES string of the molecule is CC(C(=O)O)N(C(=O)CN1CCN(Cc2ccccc2)CC1)C1CC1. The molecule has 25 heavy (non-hydrogen) atoms. The lowest BCUT2D eigenvalue weighted by Crippen LogP contribution is -2.52. The van der Waals surface area contributed by atoms with Crippen LogP contribution in [0.15, 0.2) is 30.3 Å². The fourth-order valence-electron chi connectivity index (χ4n) is 3.43. The van der Waals surface area contributed by atoms with E-state index in [2.05, 4.69) is 34.1 Å². The second kappa shape index (κ2) is 7.97. The summed E-state index contributed by atoms with van der Waals surface area (Å²) in [7, 11) is 0. The lowest BCUT2D eigenvalue weighted by Gasteiger charge is -2.36. The third-order valence-electron chi connectivity index (χ3n) is 5.08. The van der Waals surface area contributed by atoms with Gasteiger partial charge in [0.1, 0.15) is 6.04 Å². The van der Waals surface area contributed by atoms with Crippen LogP contribution in [0.5, 0.6) is 0 Å². The number of hydrogen-bond acceptors (Lipinski definition) is 4. The van der Waals surface area contributed by atoms with Gasteiger partial charge in [-0.15, -0.1) is 0 Å². The van der Waals surface area contributed by atoms with Crippen LogP contribution in [0.2, 0.25) is 0 Å². The van der Waals surface area contributed by atoms with Crippen molar-refractivity contribution in [2.24, 2.45) is 0 Å². The molecule has 1 aromatic carbocycles. The summed E-state index contributed by atoms with van der Waals surface area (Å²) in [6.07, 6.45) is 1.85. The Balaban J connectivity index is 1.48. The first kappa shape index (κ1) is 17.9. The van der Waals surface area contributed by atoms with E-state index in [0.717, 1.165) is 45.6 Å². The molecule has 6 heteroatoms. The minimum absolute atomic E-state index is 0.0473.